The van der Waals surface area contributed by atoms with Crippen LogP contribution in [0.3, 0.4) is 0 Å². The van der Waals surface area contributed by atoms with Gasteiger partial charge in [-0.05, 0) is 38.3 Å². The highest BCUT2D eigenvalue weighted by molar-refractivity contribution is 6.13. The van der Waals surface area contributed by atoms with E-state index in [9.17, 15) is 4.79 Å². The van der Waals surface area contributed by atoms with Crippen LogP contribution in [0.4, 0.5) is 0 Å². The summed E-state index contributed by atoms with van der Waals surface area (Å²) < 4.78 is 0. The number of nitrogens with one attached hydrogen (secondary N) is 2. The van der Waals surface area contributed by atoms with Gasteiger partial charge in [-0.15, -0.1) is 0 Å². The van der Waals surface area contributed by atoms with Gasteiger partial charge in [0.1, 0.15) is 5.54 Å². The van der Waals surface area contributed by atoms with Crippen molar-refractivity contribution in [1.29, 1.82) is 0 Å². The zero-order chi connectivity index (χ0) is 21.2. The van der Waals surface area contributed by atoms with E-state index in [4.69, 9.17) is 0 Å². The van der Waals surface area contributed by atoms with Gasteiger partial charge in [-0.25, -0.2) is 5.43 Å². The molecule has 2 N–H and O–H groups in total. The second kappa shape index (κ2) is 7.88. The van der Waals surface area contributed by atoms with Crippen molar-refractivity contribution in [3.05, 3.63) is 107 Å². The first-order chi connectivity index (χ1) is 14.4. The van der Waals surface area contributed by atoms with Gasteiger partial charge in [-0.1, -0.05) is 84.9 Å². The Morgan fingerprint density at radius 2 is 1.37 bits per heavy atom. The maximum absolute atomic E-state index is 13.5. The lowest BCUT2D eigenvalue weighted by atomic mass is 9.76. The van der Waals surface area contributed by atoms with E-state index in [1.54, 1.807) is 0 Å². The zero-order valence-electron chi connectivity index (χ0n) is 17.6. The Morgan fingerprint density at radius 3 is 1.97 bits per heavy atom. The van der Waals surface area contributed by atoms with E-state index in [1.807, 2.05) is 85.8 Å². The fraction of sp³-hybridized carbons (Fsp3) is 0.231. The molecule has 4 nitrogen and oxygen atoms in total. The lowest BCUT2D eigenvalue weighted by Crippen LogP contribution is -2.62. The number of hydrogen-bond acceptors (Lipinski definition) is 3. The molecule has 4 rings (SSSR count). The van der Waals surface area contributed by atoms with Gasteiger partial charge in [0.05, 0.1) is 5.71 Å². The summed E-state index contributed by atoms with van der Waals surface area (Å²) in [5, 5.41) is 8.13. The highest BCUT2D eigenvalue weighted by Gasteiger charge is 2.44. The molecule has 0 radical (unpaired) electrons. The Hall–Kier alpha value is -3.24. The van der Waals surface area contributed by atoms with Gasteiger partial charge in [0.15, 0.2) is 0 Å². The minimum absolute atomic E-state index is 0.174. The van der Waals surface area contributed by atoms with Crippen molar-refractivity contribution in [3.8, 4) is 0 Å². The molecule has 152 valence electrons. The molecule has 1 amide bonds. The first-order valence-electron chi connectivity index (χ1n) is 10.3. The van der Waals surface area contributed by atoms with Crippen LogP contribution in [-0.4, -0.2) is 17.2 Å². The monoisotopic (exact) mass is 397 g/mol. The number of amides is 1. The number of hydrazone groups is 1. The standard InChI is InChI=1S/C26H27N3O/c1-25(2)18-21-16-10-11-17-22(21)26(3,29-25)24(30)28-27-23(19-12-6-4-7-13-19)20-14-8-5-9-15-20/h4-17,29H,18H2,1-3H3,(H,28,30)/t26-/m0/s1. The second-order valence-electron chi connectivity index (χ2n) is 8.60. The molecule has 0 aromatic heterocycles. The van der Waals surface area contributed by atoms with E-state index < -0.39 is 5.54 Å². The van der Waals surface area contributed by atoms with Crippen LogP contribution in [0.2, 0.25) is 0 Å². The molecule has 0 bridgehead atoms. The molecule has 0 aliphatic carbocycles. The fourth-order valence-corrected chi connectivity index (χ4v) is 4.31. The van der Waals surface area contributed by atoms with E-state index in [-0.39, 0.29) is 11.4 Å². The molecule has 0 spiro atoms. The normalized spacial score (nSPS) is 19.4. The summed E-state index contributed by atoms with van der Waals surface area (Å²) in [4.78, 5) is 13.5. The van der Waals surface area contributed by atoms with Crippen LogP contribution in [0.5, 0.6) is 0 Å². The van der Waals surface area contributed by atoms with Crippen molar-refractivity contribution < 1.29 is 4.79 Å². The summed E-state index contributed by atoms with van der Waals surface area (Å²) in [6, 6.07) is 27.9. The van der Waals surface area contributed by atoms with E-state index in [2.05, 4.69) is 35.8 Å². The molecule has 30 heavy (non-hydrogen) atoms. The van der Waals surface area contributed by atoms with Gasteiger partial charge < -0.3 is 0 Å². The van der Waals surface area contributed by atoms with Gasteiger partial charge in [0.2, 0.25) is 0 Å². The molecule has 0 saturated heterocycles. The predicted octanol–water partition coefficient (Wildman–Crippen LogP) is 4.39. The van der Waals surface area contributed by atoms with Crippen LogP contribution in [0.25, 0.3) is 0 Å². The summed E-state index contributed by atoms with van der Waals surface area (Å²) in [5.74, 6) is -0.174. The number of nitrogens with zero attached hydrogens (tertiary/aromatic N) is 1. The molecule has 0 unspecified atom stereocenters. The maximum Gasteiger partial charge on any atom is 0.264 e. The summed E-state index contributed by atoms with van der Waals surface area (Å²) in [7, 11) is 0. The Bertz CT molecular complexity index is 1030. The summed E-state index contributed by atoms with van der Waals surface area (Å²) >= 11 is 0. The van der Waals surface area contributed by atoms with Crippen LogP contribution in [-0.2, 0) is 16.8 Å². The molecular formula is C26H27N3O. The Labute approximate surface area is 178 Å². The van der Waals surface area contributed by atoms with Crippen LogP contribution < -0.4 is 10.7 Å². The maximum atomic E-state index is 13.5. The largest absolute Gasteiger partial charge is 0.294 e. The molecule has 1 aliphatic heterocycles. The van der Waals surface area contributed by atoms with Crippen molar-refractivity contribution in [2.24, 2.45) is 5.10 Å². The lowest BCUT2D eigenvalue weighted by molar-refractivity contribution is -0.128. The fourth-order valence-electron chi connectivity index (χ4n) is 4.31. The molecule has 1 heterocycles. The molecule has 1 atom stereocenters. The smallest absolute Gasteiger partial charge is 0.264 e. The van der Waals surface area contributed by atoms with Crippen molar-refractivity contribution >= 4 is 11.6 Å². The van der Waals surface area contributed by atoms with Crippen LogP contribution in [0.1, 0.15) is 43.0 Å². The van der Waals surface area contributed by atoms with Crippen molar-refractivity contribution in [2.45, 2.75) is 38.3 Å². The van der Waals surface area contributed by atoms with Gasteiger partial charge in [-0.2, -0.15) is 5.10 Å². The third kappa shape index (κ3) is 3.91. The number of benzene rings is 3. The molecular weight excluding hydrogens is 370 g/mol. The first-order valence-corrected chi connectivity index (χ1v) is 10.3. The highest BCUT2D eigenvalue weighted by Crippen LogP contribution is 2.34. The van der Waals surface area contributed by atoms with Crippen LogP contribution in [0, 0.1) is 0 Å². The number of hydrogen-bond donors (Lipinski definition) is 2. The summed E-state index contributed by atoms with van der Waals surface area (Å²) in [6.45, 7) is 6.18. The van der Waals surface area contributed by atoms with Crippen molar-refractivity contribution in [3.63, 3.8) is 0 Å². The van der Waals surface area contributed by atoms with Gasteiger partial charge >= 0.3 is 0 Å². The van der Waals surface area contributed by atoms with E-state index >= 15 is 0 Å². The topological polar surface area (TPSA) is 53.5 Å². The lowest BCUT2D eigenvalue weighted by Gasteiger charge is -2.44. The summed E-state index contributed by atoms with van der Waals surface area (Å²) in [6.07, 6.45) is 0.870. The van der Waals surface area contributed by atoms with Crippen molar-refractivity contribution in [2.75, 3.05) is 0 Å². The zero-order valence-corrected chi connectivity index (χ0v) is 17.6. The molecule has 0 fully saturated rings. The van der Waals surface area contributed by atoms with Gasteiger partial charge in [0.25, 0.3) is 5.91 Å². The predicted molar refractivity (Wildman–Crippen MR) is 121 cm³/mol. The van der Waals surface area contributed by atoms with Crippen molar-refractivity contribution in [1.82, 2.24) is 10.7 Å². The number of carbonyl (C=O) groups excluding carboxylic acids is 1. The number of fused-ring (bicyclic) bond motifs is 1. The molecule has 3 aromatic rings. The van der Waals surface area contributed by atoms with Gasteiger partial charge in [-0.3, -0.25) is 10.1 Å². The molecule has 4 heteroatoms. The number of carbonyl (C=O) groups is 1. The molecule has 3 aromatic carbocycles. The van der Waals surface area contributed by atoms with E-state index in [0.717, 1.165) is 28.8 Å². The third-order valence-electron chi connectivity index (χ3n) is 5.59. The Morgan fingerprint density at radius 1 is 0.833 bits per heavy atom. The van der Waals surface area contributed by atoms with E-state index in [0.29, 0.717) is 0 Å². The quantitative estimate of drug-likeness (QED) is 0.507. The van der Waals surface area contributed by atoms with Crippen LogP contribution >= 0.6 is 0 Å². The molecule has 1 aliphatic rings. The molecule has 0 saturated carbocycles. The Kier molecular flexibility index (Phi) is 5.27. The second-order valence-corrected chi connectivity index (χ2v) is 8.60. The average molecular weight is 398 g/mol. The van der Waals surface area contributed by atoms with Crippen LogP contribution in [0.15, 0.2) is 90.0 Å². The third-order valence-corrected chi connectivity index (χ3v) is 5.59. The minimum atomic E-state index is -0.875. The SMILES string of the molecule is CC1(C)Cc2ccccc2[C@@](C)(C(=O)NN=C(c2ccccc2)c2ccccc2)N1. The minimum Gasteiger partial charge on any atom is -0.294 e. The van der Waals surface area contributed by atoms with Gasteiger partial charge in [0, 0.05) is 16.7 Å². The first kappa shape index (κ1) is 20.0. The average Bonchev–Trinajstić information content (AvgIpc) is 2.74. The number of rotatable bonds is 4. The highest BCUT2D eigenvalue weighted by atomic mass is 16.2. The Balaban J connectivity index is 1.71. The van der Waals surface area contributed by atoms with E-state index in [1.165, 1.54) is 5.56 Å². The summed E-state index contributed by atoms with van der Waals surface area (Å²) in [5.41, 5.74) is 6.60.